The van der Waals surface area contributed by atoms with Crippen LogP contribution in [-0.2, 0) is 24.1 Å². The number of hydrogen-bond donors (Lipinski definition) is 0. The summed E-state index contributed by atoms with van der Waals surface area (Å²) in [6, 6.07) is 11.5. The zero-order chi connectivity index (χ0) is 23.8. The van der Waals surface area contributed by atoms with E-state index in [1.165, 1.54) is 22.2 Å². The molecule has 1 aliphatic rings. The molecular weight excluding hydrogens is 466 g/mol. The van der Waals surface area contributed by atoms with Crippen molar-refractivity contribution in [3.8, 4) is 5.69 Å². The van der Waals surface area contributed by atoms with Gasteiger partial charge in [0.25, 0.3) is 5.56 Å². The predicted molar refractivity (Wildman–Crippen MR) is 138 cm³/mol. The van der Waals surface area contributed by atoms with Gasteiger partial charge in [0, 0.05) is 35.5 Å². The number of nitrogens with zero attached hydrogens (tertiary/aromatic N) is 3. The fourth-order valence-corrected chi connectivity index (χ4v) is 6.94. The summed E-state index contributed by atoms with van der Waals surface area (Å²) in [4.78, 5) is 33.9. The molecule has 6 nitrogen and oxygen atoms in total. The maximum absolute atomic E-state index is 13.7. The van der Waals surface area contributed by atoms with Crippen LogP contribution < -0.4 is 5.56 Å². The van der Waals surface area contributed by atoms with Crippen molar-refractivity contribution < 1.29 is 9.53 Å². The van der Waals surface area contributed by atoms with Crippen molar-refractivity contribution in [3.63, 3.8) is 0 Å². The number of Topliss-reactive ketones (excluding diaryl/α,β-unsaturated/α-hetero) is 1. The van der Waals surface area contributed by atoms with E-state index in [-0.39, 0.29) is 17.1 Å². The van der Waals surface area contributed by atoms with E-state index >= 15 is 0 Å². The summed E-state index contributed by atoms with van der Waals surface area (Å²) >= 11 is 2.96. The Balaban J connectivity index is 1.51. The lowest BCUT2D eigenvalue weighted by atomic mass is 10.2. The molecular formula is C26H27N3O3S2. The second kappa shape index (κ2) is 9.52. The van der Waals surface area contributed by atoms with Crippen molar-refractivity contribution in [2.24, 2.45) is 0 Å². The maximum Gasteiger partial charge on any atom is 0.267 e. The summed E-state index contributed by atoms with van der Waals surface area (Å²) in [6.07, 6.45) is 3.04. The van der Waals surface area contributed by atoms with Crippen LogP contribution in [0.25, 0.3) is 15.9 Å². The summed E-state index contributed by atoms with van der Waals surface area (Å²) in [5, 5.41) is 1.31. The van der Waals surface area contributed by atoms with E-state index in [9.17, 15) is 9.59 Å². The third kappa shape index (κ3) is 4.04. The number of ketones is 1. The Hall–Kier alpha value is -2.68. The summed E-state index contributed by atoms with van der Waals surface area (Å²) < 4.78 is 8.99. The molecule has 0 saturated carbocycles. The fraction of sp³-hybridized carbons (Fsp3) is 0.346. The van der Waals surface area contributed by atoms with Crippen LogP contribution in [-0.4, -0.2) is 39.4 Å². The molecule has 0 N–H and O–H groups in total. The van der Waals surface area contributed by atoms with Crippen LogP contribution in [0, 0.1) is 13.8 Å². The third-order valence-corrected chi connectivity index (χ3v) is 8.57. The molecule has 0 atom stereocenters. The van der Waals surface area contributed by atoms with Crippen molar-refractivity contribution >= 4 is 39.1 Å². The van der Waals surface area contributed by atoms with Gasteiger partial charge in [-0.05, 0) is 56.9 Å². The number of ether oxygens (including phenoxy) is 1. The smallest absolute Gasteiger partial charge is 0.267 e. The molecule has 0 fully saturated rings. The van der Waals surface area contributed by atoms with E-state index < -0.39 is 0 Å². The van der Waals surface area contributed by atoms with Crippen LogP contribution in [0.15, 0.2) is 46.3 Å². The van der Waals surface area contributed by atoms with E-state index in [4.69, 9.17) is 9.72 Å². The number of carbonyl (C=O) groups excluding carboxylic acids is 1. The van der Waals surface area contributed by atoms with Gasteiger partial charge in [-0.25, -0.2) is 4.98 Å². The number of aryl methyl sites for hydroxylation is 3. The average molecular weight is 494 g/mol. The van der Waals surface area contributed by atoms with E-state index in [0.29, 0.717) is 23.9 Å². The number of methoxy groups -OCH3 is 1. The molecule has 0 aliphatic heterocycles. The van der Waals surface area contributed by atoms with E-state index in [1.807, 2.05) is 50.2 Å². The first-order valence-electron chi connectivity index (χ1n) is 11.4. The topological polar surface area (TPSA) is 66.1 Å². The number of rotatable bonds is 8. The molecule has 5 rings (SSSR count). The molecule has 1 aliphatic carbocycles. The van der Waals surface area contributed by atoms with E-state index in [0.717, 1.165) is 46.6 Å². The van der Waals surface area contributed by atoms with Gasteiger partial charge in [0.2, 0.25) is 0 Å². The second-order valence-corrected chi connectivity index (χ2v) is 10.6. The monoisotopic (exact) mass is 493 g/mol. The highest BCUT2D eigenvalue weighted by atomic mass is 32.2. The van der Waals surface area contributed by atoms with Crippen LogP contribution in [0.2, 0.25) is 0 Å². The zero-order valence-electron chi connectivity index (χ0n) is 19.6. The van der Waals surface area contributed by atoms with E-state index in [2.05, 4.69) is 4.57 Å². The van der Waals surface area contributed by atoms with Gasteiger partial charge in [-0.3, -0.25) is 14.2 Å². The minimum atomic E-state index is -0.0386. The Kier molecular flexibility index (Phi) is 6.46. The van der Waals surface area contributed by atoms with Crippen molar-refractivity contribution in [2.75, 3.05) is 19.5 Å². The van der Waals surface area contributed by atoms with Crippen molar-refractivity contribution in [2.45, 2.75) is 44.8 Å². The number of para-hydroxylation sites is 1. The number of thiophene rings is 1. The Labute approximate surface area is 206 Å². The lowest BCUT2D eigenvalue weighted by Gasteiger charge is -2.12. The first-order valence-corrected chi connectivity index (χ1v) is 13.2. The second-order valence-electron chi connectivity index (χ2n) is 8.55. The van der Waals surface area contributed by atoms with Crippen LogP contribution in [0.5, 0.6) is 0 Å². The molecule has 176 valence electrons. The first-order chi connectivity index (χ1) is 16.5. The predicted octanol–water partition coefficient (Wildman–Crippen LogP) is 4.98. The highest BCUT2D eigenvalue weighted by molar-refractivity contribution is 7.99. The summed E-state index contributed by atoms with van der Waals surface area (Å²) in [7, 11) is 1.68. The number of thioether (sulfide) groups is 1. The van der Waals surface area contributed by atoms with Gasteiger partial charge in [-0.15, -0.1) is 11.3 Å². The Morgan fingerprint density at radius 2 is 2.00 bits per heavy atom. The molecule has 1 aromatic carbocycles. The zero-order valence-corrected chi connectivity index (χ0v) is 21.2. The third-order valence-electron chi connectivity index (χ3n) is 6.45. The fourth-order valence-electron chi connectivity index (χ4n) is 4.74. The number of fused-ring (bicyclic) bond motifs is 3. The quantitative estimate of drug-likeness (QED) is 0.197. The summed E-state index contributed by atoms with van der Waals surface area (Å²) in [5.41, 5.74) is 4.59. The van der Waals surface area contributed by atoms with Crippen LogP contribution in [0.3, 0.4) is 0 Å². The van der Waals surface area contributed by atoms with Crippen LogP contribution in [0.1, 0.15) is 38.6 Å². The van der Waals surface area contributed by atoms with Crippen LogP contribution >= 0.6 is 23.1 Å². The standard InChI is InChI=1S/C26H27N3O3S2/c1-16-14-20(17(2)28(16)12-13-32-3)21(30)15-33-26-27-24-23(19-10-7-11-22(19)34-24)25(31)29(26)18-8-5-4-6-9-18/h4-6,8-9,14H,7,10-13,15H2,1-3H3. The first kappa shape index (κ1) is 23.1. The molecule has 3 aromatic heterocycles. The highest BCUT2D eigenvalue weighted by Crippen LogP contribution is 2.36. The Bertz CT molecular complexity index is 1430. The maximum atomic E-state index is 13.7. The van der Waals surface area contributed by atoms with Gasteiger partial charge in [0.1, 0.15) is 4.83 Å². The molecule has 0 saturated heterocycles. The molecule has 0 amide bonds. The molecule has 8 heteroatoms. The van der Waals surface area contributed by atoms with Gasteiger partial charge >= 0.3 is 0 Å². The average Bonchev–Trinajstić information content (AvgIpc) is 3.50. The summed E-state index contributed by atoms with van der Waals surface area (Å²) in [5.74, 6) is 0.245. The Morgan fingerprint density at radius 1 is 1.21 bits per heavy atom. The van der Waals surface area contributed by atoms with Gasteiger partial charge in [0.15, 0.2) is 10.9 Å². The molecule has 0 radical (unpaired) electrons. The van der Waals surface area contributed by atoms with Crippen molar-refractivity contribution in [3.05, 3.63) is 74.1 Å². The minimum Gasteiger partial charge on any atom is -0.383 e. The van der Waals surface area contributed by atoms with Gasteiger partial charge in [0.05, 0.1) is 23.4 Å². The number of aromatic nitrogens is 3. The molecule has 3 heterocycles. The summed E-state index contributed by atoms with van der Waals surface area (Å²) in [6.45, 7) is 5.28. The van der Waals surface area contributed by atoms with E-state index in [1.54, 1.807) is 23.0 Å². The Morgan fingerprint density at radius 3 is 2.76 bits per heavy atom. The van der Waals surface area contributed by atoms with Gasteiger partial charge in [-0.2, -0.15) is 0 Å². The molecule has 4 aromatic rings. The highest BCUT2D eigenvalue weighted by Gasteiger charge is 2.24. The molecule has 0 unspecified atom stereocenters. The lowest BCUT2D eigenvalue weighted by molar-refractivity contribution is 0.102. The SMILES string of the molecule is COCCn1c(C)cc(C(=O)CSc2nc3sc4c(c3c(=O)n2-c2ccccc2)CCC4)c1C. The number of hydrogen-bond acceptors (Lipinski definition) is 6. The van der Waals surface area contributed by atoms with Crippen LogP contribution in [0.4, 0.5) is 0 Å². The largest absolute Gasteiger partial charge is 0.383 e. The molecule has 34 heavy (non-hydrogen) atoms. The number of benzene rings is 1. The minimum absolute atomic E-state index is 0.0319. The van der Waals surface area contributed by atoms with Crippen molar-refractivity contribution in [1.29, 1.82) is 0 Å². The van der Waals surface area contributed by atoms with Gasteiger partial charge < -0.3 is 9.30 Å². The molecule has 0 bridgehead atoms. The normalized spacial score (nSPS) is 13.0. The number of carbonyl (C=O) groups is 1. The van der Waals surface area contributed by atoms with Gasteiger partial charge in [-0.1, -0.05) is 30.0 Å². The van der Waals surface area contributed by atoms with Crippen molar-refractivity contribution in [1.82, 2.24) is 14.1 Å². The lowest BCUT2D eigenvalue weighted by Crippen LogP contribution is -2.22. The molecule has 0 spiro atoms.